The highest BCUT2D eigenvalue weighted by Crippen LogP contribution is 2.10. The molecular formula is C9H19N2O3+. The Morgan fingerprint density at radius 2 is 2.36 bits per heavy atom. The second kappa shape index (κ2) is 5.29. The lowest BCUT2D eigenvalue weighted by molar-refractivity contribution is -0.924. The van der Waals surface area contributed by atoms with E-state index in [1.165, 1.54) is 0 Å². The summed E-state index contributed by atoms with van der Waals surface area (Å²) >= 11 is 0. The molecule has 1 aliphatic rings. The second-order valence-electron chi connectivity index (χ2n) is 3.72. The van der Waals surface area contributed by atoms with Gasteiger partial charge < -0.3 is 19.6 Å². The number of aliphatic hydroxyl groups is 1. The number of ether oxygens (including phenoxy) is 1. The zero-order valence-electron chi connectivity index (χ0n) is 8.66. The predicted molar refractivity (Wildman–Crippen MR) is 51.7 cm³/mol. The molecule has 1 saturated heterocycles. The predicted octanol–water partition coefficient (Wildman–Crippen LogP) is -1.43. The van der Waals surface area contributed by atoms with E-state index in [9.17, 15) is 4.79 Å². The van der Waals surface area contributed by atoms with E-state index < -0.39 is 0 Å². The van der Waals surface area contributed by atoms with E-state index >= 15 is 0 Å². The highest BCUT2D eigenvalue weighted by atomic mass is 16.5. The van der Waals surface area contributed by atoms with E-state index in [2.05, 4.69) is 5.32 Å². The van der Waals surface area contributed by atoms with Gasteiger partial charge in [0, 0.05) is 6.54 Å². The molecule has 5 nitrogen and oxygen atoms in total. The maximum atomic E-state index is 11.2. The lowest BCUT2D eigenvalue weighted by Crippen LogP contribution is -2.60. The summed E-state index contributed by atoms with van der Waals surface area (Å²) in [6.07, 6.45) is 0. The fourth-order valence-electron chi connectivity index (χ4n) is 1.81. The molecule has 0 spiro atoms. The average Bonchev–Trinajstić information content (AvgIpc) is 2.15. The van der Waals surface area contributed by atoms with Crippen LogP contribution in [-0.2, 0) is 9.53 Å². The van der Waals surface area contributed by atoms with Gasteiger partial charge in [-0.05, 0) is 7.05 Å². The molecule has 0 saturated carbocycles. The summed E-state index contributed by atoms with van der Waals surface area (Å²) in [6.45, 7) is 4.16. The number of esters is 1. The summed E-state index contributed by atoms with van der Waals surface area (Å²) in [6, 6.07) is 0. The van der Waals surface area contributed by atoms with Gasteiger partial charge in [-0.3, -0.25) is 0 Å². The quantitative estimate of drug-likeness (QED) is 0.425. The number of likely N-dealkylation sites (N-methyl/N-ethyl adjacent to an activating group) is 1. The highest BCUT2D eigenvalue weighted by Gasteiger charge is 2.34. The molecule has 0 radical (unpaired) electrons. The van der Waals surface area contributed by atoms with Crippen molar-refractivity contribution in [2.75, 3.05) is 53.0 Å². The standard InChI is InChI=1S/C9H19N2O3/c1-10-2-3-11(4-6-12)5-7-14-9(13)8-11/h10,12H,2-8H2,1H3/q+1. The molecule has 0 aromatic carbocycles. The smallest absolute Gasteiger partial charge is 0.362 e. The van der Waals surface area contributed by atoms with Gasteiger partial charge in [-0.15, -0.1) is 0 Å². The number of carbonyl (C=O) groups is 1. The number of carbonyl (C=O) groups excluding carboxylic acids is 1. The lowest BCUT2D eigenvalue weighted by atomic mass is 10.3. The van der Waals surface area contributed by atoms with Crippen LogP contribution in [0.4, 0.5) is 0 Å². The van der Waals surface area contributed by atoms with Crippen LogP contribution in [0, 0.1) is 0 Å². The van der Waals surface area contributed by atoms with Gasteiger partial charge in [0.15, 0.2) is 6.54 Å². The molecule has 5 heteroatoms. The molecule has 1 rings (SSSR count). The van der Waals surface area contributed by atoms with Crippen molar-refractivity contribution in [2.45, 2.75) is 0 Å². The third-order valence-electron chi connectivity index (χ3n) is 2.70. The van der Waals surface area contributed by atoms with Crippen LogP contribution in [0.5, 0.6) is 0 Å². The zero-order valence-corrected chi connectivity index (χ0v) is 8.66. The first-order chi connectivity index (χ1) is 6.72. The third-order valence-corrected chi connectivity index (χ3v) is 2.70. The molecule has 1 aliphatic heterocycles. The first kappa shape index (κ1) is 11.4. The summed E-state index contributed by atoms with van der Waals surface area (Å²) in [7, 11) is 1.89. The van der Waals surface area contributed by atoms with E-state index in [4.69, 9.17) is 9.84 Å². The number of hydrogen-bond acceptors (Lipinski definition) is 4. The number of morpholine rings is 1. The van der Waals surface area contributed by atoms with Crippen molar-refractivity contribution < 1.29 is 19.1 Å². The van der Waals surface area contributed by atoms with Crippen molar-refractivity contribution in [3.8, 4) is 0 Å². The third kappa shape index (κ3) is 2.94. The lowest BCUT2D eigenvalue weighted by Gasteiger charge is -2.39. The van der Waals surface area contributed by atoms with Crippen LogP contribution in [0.15, 0.2) is 0 Å². The Morgan fingerprint density at radius 3 is 2.93 bits per heavy atom. The van der Waals surface area contributed by atoms with Crippen molar-refractivity contribution in [3.63, 3.8) is 0 Å². The number of quaternary nitrogens is 1. The molecule has 82 valence electrons. The summed E-state index contributed by atoms with van der Waals surface area (Å²) < 4.78 is 5.55. The van der Waals surface area contributed by atoms with Crippen LogP contribution in [0.1, 0.15) is 0 Å². The maximum absolute atomic E-state index is 11.2. The Bertz CT molecular complexity index is 194. The van der Waals surface area contributed by atoms with Crippen molar-refractivity contribution >= 4 is 5.97 Å². The molecule has 1 fully saturated rings. The zero-order chi connectivity index (χ0) is 10.4. The number of nitrogens with one attached hydrogen (secondary N) is 1. The Balaban J connectivity index is 2.54. The Hall–Kier alpha value is -0.650. The number of rotatable bonds is 5. The SMILES string of the molecule is CNCC[N+]1(CCO)CCOC(=O)C1. The minimum Gasteiger partial charge on any atom is -0.456 e. The fourth-order valence-corrected chi connectivity index (χ4v) is 1.81. The number of nitrogens with zero attached hydrogens (tertiary/aromatic N) is 1. The van der Waals surface area contributed by atoms with Crippen LogP contribution >= 0.6 is 0 Å². The van der Waals surface area contributed by atoms with Gasteiger partial charge in [-0.1, -0.05) is 0 Å². The van der Waals surface area contributed by atoms with Crippen LogP contribution in [-0.4, -0.2) is 68.5 Å². The van der Waals surface area contributed by atoms with Gasteiger partial charge in [0.25, 0.3) is 0 Å². The van der Waals surface area contributed by atoms with Crippen LogP contribution < -0.4 is 5.32 Å². The Morgan fingerprint density at radius 1 is 1.57 bits per heavy atom. The van der Waals surface area contributed by atoms with Crippen LogP contribution in [0.3, 0.4) is 0 Å². The highest BCUT2D eigenvalue weighted by molar-refractivity contribution is 5.71. The number of aliphatic hydroxyl groups excluding tert-OH is 1. The number of hydrogen-bond donors (Lipinski definition) is 2. The van der Waals surface area contributed by atoms with Crippen molar-refractivity contribution in [2.24, 2.45) is 0 Å². The minimum atomic E-state index is -0.152. The van der Waals surface area contributed by atoms with E-state index in [1.807, 2.05) is 7.05 Å². The monoisotopic (exact) mass is 203 g/mol. The van der Waals surface area contributed by atoms with Crippen molar-refractivity contribution in [1.82, 2.24) is 5.32 Å². The fraction of sp³-hybridized carbons (Fsp3) is 0.889. The molecule has 0 aromatic heterocycles. The van der Waals surface area contributed by atoms with E-state index in [0.717, 1.165) is 19.6 Å². The summed E-state index contributed by atoms with van der Waals surface area (Å²) in [5, 5.41) is 12.0. The van der Waals surface area contributed by atoms with Crippen molar-refractivity contribution in [1.29, 1.82) is 0 Å². The van der Waals surface area contributed by atoms with E-state index in [-0.39, 0.29) is 12.6 Å². The second-order valence-corrected chi connectivity index (χ2v) is 3.72. The van der Waals surface area contributed by atoms with E-state index in [1.54, 1.807) is 0 Å². The molecule has 0 amide bonds. The van der Waals surface area contributed by atoms with Gasteiger partial charge in [0.1, 0.15) is 19.7 Å². The van der Waals surface area contributed by atoms with Gasteiger partial charge >= 0.3 is 5.97 Å². The molecular weight excluding hydrogens is 184 g/mol. The number of cyclic esters (lactones) is 1. The molecule has 1 heterocycles. The van der Waals surface area contributed by atoms with E-state index in [0.29, 0.717) is 24.2 Å². The average molecular weight is 203 g/mol. The first-order valence-corrected chi connectivity index (χ1v) is 4.99. The van der Waals surface area contributed by atoms with Gasteiger partial charge in [0.2, 0.25) is 0 Å². The Kier molecular flexibility index (Phi) is 4.31. The Labute approximate surface area is 84.2 Å². The van der Waals surface area contributed by atoms with Crippen LogP contribution in [0.25, 0.3) is 0 Å². The molecule has 14 heavy (non-hydrogen) atoms. The van der Waals surface area contributed by atoms with Crippen LogP contribution in [0.2, 0.25) is 0 Å². The largest absolute Gasteiger partial charge is 0.456 e. The molecule has 2 N–H and O–H groups in total. The summed E-state index contributed by atoms with van der Waals surface area (Å²) in [4.78, 5) is 11.2. The molecule has 1 unspecified atom stereocenters. The molecule has 0 bridgehead atoms. The first-order valence-electron chi connectivity index (χ1n) is 4.99. The molecule has 0 aromatic rings. The summed E-state index contributed by atoms with van der Waals surface area (Å²) in [5.41, 5.74) is 0. The molecule has 1 atom stereocenters. The van der Waals surface area contributed by atoms with Gasteiger partial charge in [-0.2, -0.15) is 0 Å². The topological polar surface area (TPSA) is 58.6 Å². The van der Waals surface area contributed by atoms with Crippen molar-refractivity contribution in [3.05, 3.63) is 0 Å². The molecule has 0 aliphatic carbocycles. The van der Waals surface area contributed by atoms with Gasteiger partial charge in [-0.25, -0.2) is 4.79 Å². The summed E-state index contributed by atoms with van der Waals surface area (Å²) in [5.74, 6) is -0.152. The van der Waals surface area contributed by atoms with Gasteiger partial charge in [0.05, 0.1) is 13.2 Å². The normalized spacial score (nSPS) is 27.4. The maximum Gasteiger partial charge on any atom is 0.362 e. The minimum absolute atomic E-state index is 0.122.